The van der Waals surface area contributed by atoms with Crippen molar-refractivity contribution in [2.24, 2.45) is 0 Å². The normalized spacial score (nSPS) is 11.6. The Hall–Kier alpha value is -0.530. The van der Waals surface area contributed by atoms with Gasteiger partial charge in [-0.15, -0.1) is 0 Å². The molecule has 0 aliphatic rings. The standard InChI is InChI=1S/C7H10ClN2OP/c1-12(2,11)6-3-7(8)10-4-5(6)9/h3-4H,9H2,1-2H3. The maximum absolute atomic E-state index is 11.6. The van der Waals surface area contributed by atoms with Crippen LogP contribution in [0.15, 0.2) is 12.3 Å². The van der Waals surface area contributed by atoms with E-state index in [4.69, 9.17) is 17.3 Å². The van der Waals surface area contributed by atoms with Crippen LogP contribution in [0.5, 0.6) is 0 Å². The minimum Gasteiger partial charge on any atom is -0.397 e. The van der Waals surface area contributed by atoms with E-state index in [-0.39, 0.29) is 0 Å². The van der Waals surface area contributed by atoms with Crippen LogP contribution in [-0.2, 0) is 4.57 Å². The molecular weight excluding hydrogens is 195 g/mol. The van der Waals surface area contributed by atoms with Crippen LogP contribution in [0.25, 0.3) is 0 Å². The molecule has 0 radical (unpaired) electrons. The SMILES string of the molecule is CP(C)(=O)c1cc(Cl)ncc1N. The monoisotopic (exact) mass is 204 g/mol. The Morgan fingerprint density at radius 2 is 2.17 bits per heavy atom. The maximum Gasteiger partial charge on any atom is 0.129 e. The number of aromatic nitrogens is 1. The van der Waals surface area contributed by atoms with Crippen LogP contribution in [-0.4, -0.2) is 18.3 Å². The second kappa shape index (κ2) is 3.08. The van der Waals surface area contributed by atoms with Crippen LogP contribution in [0, 0.1) is 0 Å². The summed E-state index contributed by atoms with van der Waals surface area (Å²) in [4.78, 5) is 3.77. The molecule has 0 aliphatic carbocycles. The number of pyridine rings is 1. The molecule has 0 saturated heterocycles. The fourth-order valence-electron chi connectivity index (χ4n) is 0.897. The molecule has 0 spiro atoms. The lowest BCUT2D eigenvalue weighted by atomic mass is 10.4. The fourth-order valence-corrected chi connectivity index (χ4v) is 2.24. The molecule has 3 nitrogen and oxygen atoms in total. The summed E-state index contributed by atoms with van der Waals surface area (Å²) in [5.74, 6) is 0. The Bertz CT molecular complexity index is 347. The van der Waals surface area contributed by atoms with Crippen LogP contribution in [0.1, 0.15) is 0 Å². The summed E-state index contributed by atoms with van der Waals surface area (Å²) in [6.07, 6.45) is 1.43. The average Bonchev–Trinajstić information content (AvgIpc) is 1.92. The van der Waals surface area contributed by atoms with Crippen molar-refractivity contribution in [2.45, 2.75) is 0 Å². The van der Waals surface area contributed by atoms with Crippen LogP contribution >= 0.6 is 18.7 Å². The molecule has 0 fully saturated rings. The van der Waals surface area contributed by atoms with Gasteiger partial charge in [0.15, 0.2) is 0 Å². The number of hydrogen-bond acceptors (Lipinski definition) is 3. The summed E-state index contributed by atoms with van der Waals surface area (Å²) in [6.45, 7) is 3.30. The van der Waals surface area contributed by atoms with Crippen molar-refractivity contribution in [1.82, 2.24) is 4.98 Å². The minimum atomic E-state index is -2.33. The lowest BCUT2D eigenvalue weighted by molar-refractivity contribution is 0.588. The zero-order valence-electron chi connectivity index (χ0n) is 6.91. The Balaban J connectivity index is 3.33. The van der Waals surface area contributed by atoms with E-state index in [1.54, 1.807) is 19.4 Å². The first kappa shape index (κ1) is 9.56. The number of anilines is 1. The number of rotatable bonds is 1. The number of nitrogens with zero attached hydrogens (tertiary/aromatic N) is 1. The van der Waals surface area contributed by atoms with Gasteiger partial charge in [-0.3, -0.25) is 0 Å². The quantitative estimate of drug-likeness (QED) is 0.558. The third kappa shape index (κ3) is 1.99. The fraction of sp³-hybridized carbons (Fsp3) is 0.286. The van der Waals surface area contributed by atoms with Gasteiger partial charge in [-0.1, -0.05) is 11.6 Å². The molecule has 1 rings (SSSR count). The van der Waals surface area contributed by atoms with Gasteiger partial charge in [-0.25, -0.2) is 4.98 Å². The number of halogens is 1. The molecule has 0 amide bonds. The van der Waals surface area contributed by atoms with Gasteiger partial charge in [0.1, 0.15) is 12.3 Å². The molecule has 1 heterocycles. The summed E-state index contributed by atoms with van der Waals surface area (Å²) in [5.41, 5.74) is 6.02. The van der Waals surface area contributed by atoms with E-state index in [0.29, 0.717) is 16.1 Å². The van der Waals surface area contributed by atoms with Crippen LogP contribution in [0.4, 0.5) is 5.69 Å². The van der Waals surface area contributed by atoms with E-state index >= 15 is 0 Å². The molecule has 2 N–H and O–H groups in total. The molecule has 1 aromatic heterocycles. The largest absolute Gasteiger partial charge is 0.397 e. The van der Waals surface area contributed by atoms with E-state index in [2.05, 4.69) is 4.98 Å². The highest BCUT2D eigenvalue weighted by atomic mass is 35.5. The van der Waals surface area contributed by atoms with Gasteiger partial charge in [-0.05, 0) is 19.4 Å². The lowest BCUT2D eigenvalue weighted by Crippen LogP contribution is -2.10. The van der Waals surface area contributed by atoms with Crippen molar-refractivity contribution in [3.05, 3.63) is 17.4 Å². The van der Waals surface area contributed by atoms with E-state index < -0.39 is 7.14 Å². The van der Waals surface area contributed by atoms with Crippen molar-refractivity contribution in [2.75, 3.05) is 19.1 Å². The highest BCUT2D eigenvalue weighted by Crippen LogP contribution is 2.37. The van der Waals surface area contributed by atoms with E-state index in [1.165, 1.54) is 6.20 Å². The van der Waals surface area contributed by atoms with Gasteiger partial charge < -0.3 is 10.3 Å². The molecule has 0 unspecified atom stereocenters. The molecule has 5 heteroatoms. The number of hydrogen-bond donors (Lipinski definition) is 1. The Morgan fingerprint density at radius 1 is 1.58 bits per heavy atom. The van der Waals surface area contributed by atoms with Gasteiger partial charge in [0, 0.05) is 5.30 Å². The van der Waals surface area contributed by atoms with Crippen molar-refractivity contribution in [3.63, 3.8) is 0 Å². The number of nitrogens with two attached hydrogens (primary N) is 1. The van der Waals surface area contributed by atoms with Crippen molar-refractivity contribution < 1.29 is 4.57 Å². The summed E-state index contributed by atoms with van der Waals surface area (Å²) < 4.78 is 11.6. The van der Waals surface area contributed by atoms with Crippen molar-refractivity contribution in [3.8, 4) is 0 Å². The molecule has 12 heavy (non-hydrogen) atoms. The predicted molar refractivity (Wildman–Crippen MR) is 52.7 cm³/mol. The van der Waals surface area contributed by atoms with Gasteiger partial charge in [0.25, 0.3) is 0 Å². The Morgan fingerprint density at radius 3 is 2.58 bits per heavy atom. The zero-order chi connectivity index (χ0) is 9.35. The van der Waals surface area contributed by atoms with Gasteiger partial charge in [0.05, 0.1) is 11.9 Å². The van der Waals surface area contributed by atoms with Crippen molar-refractivity contribution >= 4 is 29.7 Å². The third-order valence-electron chi connectivity index (χ3n) is 1.46. The van der Waals surface area contributed by atoms with Crippen LogP contribution in [0.3, 0.4) is 0 Å². The van der Waals surface area contributed by atoms with Crippen LogP contribution in [0.2, 0.25) is 5.15 Å². The second-order valence-corrected chi connectivity index (χ2v) is 6.49. The molecule has 0 aliphatic heterocycles. The van der Waals surface area contributed by atoms with Gasteiger partial charge in [0.2, 0.25) is 0 Å². The topological polar surface area (TPSA) is 56.0 Å². The second-order valence-electron chi connectivity index (χ2n) is 2.92. The smallest absolute Gasteiger partial charge is 0.129 e. The van der Waals surface area contributed by atoms with Gasteiger partial charge >= 0.3 is 0 Å². The predicted octanol–water partition coefficient (Wildman–Crippen LogP) is 1.57. The maximum atomic E-state index is 11.6. The molecule has 0 bridgehead atoms. The van der Waals surface area contributed by atoms with E-state index in [0.717, 1.165) is 0 Å². The van der Waals surface area contributed by atoms with Crippen molar-refractivity contribution in [1.29, 1.82) is 0 Å². The zero-order valence-corrected chi connectivity index (χ0v) is 8.56. The molecule has 0 saturated carbocycles. The first-order valence-corrected chi connectivity index (χ1v) is 6.36. The summed E-state index contributed by atoms with van der Waals surface area (Å²) in [6, 6.07) is 1.55. The third-order valence-corrected chi connectivity index (χ3v) is 3.21. The number of nitrogen functional groups attached to an aromatic ring is 1. The van der Waals surface area contributed by atoms with Crippen LogP contribution < -0.4 is 11.0 Å². The first-order valence-electron chi connectivity index (χ1n) is 3.38. The molecule has 0 aromatic carbocycles. The molecule has 1 aromatic rings. The highest BCUT2D eigenvalue weighted by Gasteiger charge is 2.15. The van der Waals surface area contributed by atoms with Gasteiger partial charge in [-0.2, -0.15) is 0 Å². The summed E-state index contributed by atoms with van der Waals surface area (Å²) in [5, 5.41) is 0.922. The lowest BCUT2D eigenvalue weighted by Gasteiger charge is -2.09. The highest BCUT2D eigenvalue weighted by molar-refractivity contribution is 7.70. The summed E-state index contributed by atoms with van der Waals surface area (Å²) >= 11 is 5.64. The first-order chi connectivity index (χ1) is 5.41. The van der Waals surface area contributed by atoms with E-state index in [1.807, 2.05) is 0 Å². The average molecular weight is 205 g/mol. The molecular formula is C7H10ClN2OP. The summed E-state index contributed by atoms with van der Waals surface area (Å²) in [7, 11) is -2.33. The Labute approximate surface area is 76.3 Å². The molecule has 66 valence electrons. The Kier molecular flexibility index (Phi) is 2.45. The molecule has 0 atom stereocenters. The van der Waals surface area contributed by atoms with E-state index in [9.17, 15) is 4.57 Å². The minimum absolute atomic E-state index is 0.322.